The fraction of sp³-hybridized carbons (Fsp3) is 0.417. The van der Waals surface area contributed by atoms with Gasteiger partial charge in [-0.15, -0.1) is 0 Å². The van der Waals surface area contributed by atoms with E-state index in [1.165, 1.54) is 0 Å². The SMILES string of the molecule is CC1(O)CCN(c2ccc(C#N)cc2N)C1. The molecule has 4 heteroatoms. The zero-order valence-electron chi connectivity index (χ0n) is 9.27. The van der Waals surface area contributed by atoms with Gasteiger partial charge in [-0.3, -0.25) is 0 Å². The first-order valence-electron chi connectivity index (χ1n) is 5.29. The molecule has 0 aliphatic carbocycles. The Bertz CT molecular complexity index is 448. The molecular weight excluding hydrogens is 202 g/mol. The monoisotopic (exact) mass is 217 g/mol. The highest BCUT2D eigenvalue weighted by Gasteiger charge is 2.32. The van der Waals surface area contributed by atoms with E-state index in [4.69, 9.17) is 11.0 Å². The lowest BCUT2D eigenvalue weighted by Crippen LogP contribution is -2.29. The summed E-state index contributed by atoms with van der Waals surface area (Å²) in [5.41, 5.74) is 7.31. The maximum absolute atomic E-state index is 9.88. The topological polar surface area (TPSA) is 73.3 Å². The van der Waals surface area contributed by atoms with Crippen molar-refractivity contribution in [3.05, 3.63) is 23.8 Å². The number of benzene rings is 1. The van der Waals surface area contributed by atoms with Gasteiger partial charge in [0.15, 0.2) is 0 Å². The molecule has 16 heavy (non-hydrogen) atoms. The Hall–Kier alpha value is -1.73. The molecule has 1 aliphatic heterocycles. The van der Waals surface area contributed by atoms with Crippen LogP contribution < -0.4 is 10.6 Å². The molecule has 84 valence electrons. The summed E-state index contributed by atoms with van der Waals surface area (Å²) in [6.45, 7) is 3.21. The Morgan fingerprint density at radius 1 is 1.56 bits per heavy atom. The summed E-state index contributed by atoms with van der Waals surface area (Å²) in [4.78, 5) is 2.05. The lowest BCUT2D eigenvalue weighted by molar-refractivity contribution is 0.0839. The van der Waals surface area contributed by atoms with Gasteiger partial charge in [0.05, 0.1) is 28.6 Å². The predicted octanol–water partition coefficient (Wildman–Crippen LogP) is 1.10. The molecule has 4 nitrogen and oxygen atoms in total. The second kappa shape index (κ2) is 3.69. The predicted molar refractivity (Wildman–Crippen MR) is 63.0 cm³/mol. The van der Waals surface area contributed by atoms with Crippen LogP contribution in [0.25, 0.3) is 0 Å². The molecule has 1 atom stereocenters. The van der Waals surface area contributed by atoms with Crippen LogP contribution in [0, 0.1) is 11.3 Å². The molecule has 1 aromatic carbocycles. The largest absolute Gasteiger partial charge is 0.397 e. The van der Waals surface area contributed by atoms with E-state index in [2.05, 4.69) is 11.0 Å². The summed E-state index contributed by atoms with van der Waals surface area (Å²) in [6, 6.07) is 7.31. The number of nitrogens with two attached hydrogens (primary N) is 1. The van der Waals surface area contributed by atoms with Crippen molar-refractivity contribution in [2.24, 2.45) is 0 Å². The van der Waals surface area contributed by atoms with Gasteiger partial charge in [0.2, 0.25) is 0 Å². The maximum atomic E-state index is 9.88. The summed E-state index contributed by atoms with van der Waals surface area (Å²) in [5, 5.41) is 18.6. The average Bonchev–Trinajstić information content (AvgIpc) is 2.58. The third-order valence-corrected chi connectivity index (χ3v) is 2.95. The Labute approximate surface area is 94.9 Å². The first kappa shape index (κ1) is 10.8. The number of anilines is 2. The van der Waals surface area contributed by atoms with E-state index in [0.29, 0.717) is 17.8 Å². The second-order valence-corrected chi connectivity index (χ2v) is 4.55. The van der Waals surface area contributed by atoms with Gasteiger partial charge >= 0.3 is 0 Å². The molecular formula is C12H15N3O. The van der Waals surface area contributed by atoms with Gasteiger partial charge in [0.25, 0.3) is 0 Å². The fourth-order valence-corrected chi connectivity index (χ4v) is 2.06. The number of nitriles is 1. The van der Waals surface area contributed by atoms with Gasteiger partial charge in [0.1, 0.15) is 0 Å². The normalized spacial score (nSPS) is 24.4. The smallest absolute Gasteiger partial charge is 0.0992 e. The van der Waals surface area contributed by atoms with Crippen molar-refractivity contribution in [1.82, 2.24) is 0 Å². The third-order valence-electron chi connectivity index (χ3n) is 2.95. The molecule has 1 fully saturated rings. The van der Waals surface area contributed by atoms with Crippen molar-refractivity contribution < 1.29 is 5.11 Å². The number of rotatable bonds is 1. The molecule has 0 aromatic heterocycles. The third kappa shape index (κ3) is 1.95. The zero-order valence-corrected chi connectivity index (χ0v) is 9.27. The van der Waals surface area contributed by atoms with Gasteiger partial charge in [0, 0.05) is 13.1 Å². The summed E-state index contributed by atoms with van der Waals surface area (Å²) in [5.74, 6) is 0. The number of β-amino-alcohol motifs (C(OH)–C–C–N with tert-alkyl or cyclic N) is 1. The van der Waals surface area contributed by atoms with E-state index in [1.807, 2.05) is 13.0 Å². The van der Waals surface area contributed by atoms with Crippen molar-refractivity contribution in [3.63, 3.8) is 0 Å². The molecule has 1 heterocycles. The number of hydrogen-bond acceptors (Lipinski definition) is 4. The number of aliphatic hydroxyl groups is 1. The lowest BCUT2D eigenvalue weighted by atomic mass is 10.1. The number of nitrogens with zero attached hydrogens (tertiary/aromatic N) is 2. The van der Waals surface area contributed by atoms with Gasteiger partial charge in [-0.2, -0.15) is 5.26 Å². The molecule has 0 saturated carbocycles. The highest BCUT2D eigenvalue weighted by atomic mass is 16.3. The Morgan fingerprint density at radius 2 is 2.31 bits per heavy atom. The first-order chi connectivity index (χ1) is 7.52. The average molecular weight is 217 g/mol. The van der Waals surface area contributed by atoms with Crippen molar-refractivity contribution >= 4 is 11.4 Å². The van der Waals surface area contributed by atoms with E-state index in [9.17, 15) is 5.11 Å². The van der Waals surface area contributed by atoms with Crippen LogP contribution in [0.15, 0.2) is 18.2 Å². The van der Waals surface area contributed by atoms with E-state index < -0.39 is 5.60 Å². The van der Waals surface area contributed by atoms with Gasteiger partial charge in [-0.05, 0) is 31.5 Å². The molecule has 1 aliphatic rings. The molecule has 3 N–H and O–H groups in total. The summed E-state index contributed by atoms with van der Waals surface area (Å²) in [6.07, 6.45) is 0.743. The molecule has 1 unspecified atom stereocenters. The molecule has 2 rings (SSSR count). The number of hydrogen-bond donors (Lipinski definition) is 2. The fourth-order valence-electron chi connectivity index (χ4n) is 2.06. The van der Waals surface area contributed by atoms with Gasteiger partial charge in [-0.25, -0.2) is 0 Å². The highest BCUT2D eigenvalue weighted by Crippen LogP contribution is 2.30. The number of nitrogen functional groups attached to an aromatic ring is 1. The maximum Gasteiger partial charge on any atom is 0.0992 e. The second-order valence-electron chi connectivity index (χ2n) is 4.55. The highest BCUT2D eigenvalue weighted by molar-refractivity contribution is 5.70. The summed E-state index contributed by atoms with van der Waals surface area (Å²) >= 11 is 0. The zero-order chi connectivity index (χ0) is 11.8. The van der Waals surface area contributed by atoms with Crippen LogP contribution in [-0.2, 0) is 0 Å². The van der Waals surface area contributed by atoms with Gasteiger partial charge in [-0.1, -0.05) is 0 Å². The minimum absolute atomic E-state index is 0.562. The van der Waals surface area contributed by atoms with Crippen LogP contribution in [0.1, 0.15) is 18.9 Å². The minimum Gasteiger partial charge on any atom is -0.397 e. The molecule has 1 aromatic rings. The minimum atomic E-state index is -0.639. The summed E-state index contributed by atoms with van der Waals surface area (Å²) in [7, 11) is 0. The standard InChI is InChI=1S/C12H15N3O/c1-12(16)4-5-15(8-12)11-3-2-9(7-13)6-10(11)14/h2-3,6,16H,4-5,8,14H2,1H3. The van der Waals surface area contributed by atoms with E-state index >= 15 is 0 Å². The van der Waals surface area contributed by atoms with Crippen molar-refractivity contribution in [1.29, 1.82) is 5.26 Å². The molecule has 0 radical (unpaired) electrons. The van der Waals surface area contributed by atoms with Crippen LogP contribution in [0.4, 0.5) is 11.4 Å². The van der Waals surface area contributed by atoms with Crippen molar-refractivity contribution in [3.8, 4) is 6.07 Å². The molecule has 0 spiro atoms. The van der Waals surface area contributed by atoms with Crippen LogP contribution in [0.3, 0.4) is 0 Å². The van der Waals surface area contributed by atoms with Crippen molar-refractivity contribution in [2.45, 2.75) is 18.9 Å². The van der Waals surface area contributed by atoms with Crippen LogP contribution in [0.2, 0.25) is 0 Å². The molecule has 0 amide bonds. The Balaban J connectivity index is 2.26. The van der Waals surface area contributed by atoms with E-state index in [-0.39, 0.29) is 0 Å². The van der Waals surface area contributed by atoms with E-state index in [0.717, 1.165) is 18.7 Å². The van der Waals surface area contributed by atoms with Crippen LogP contribution in [-0.4, -0.2) is 23.8 Å². The van der Waals surface area contributed by atoms with Gasteiger partial charge < -0.3 is 15.7 Å². The molecule has 1 saturated heterocycles. The first-order valence-corrected chi connectivity index (χ1v) is 5.29. The Kier molecular flexibility index (Phi) is 2.49. The lowest BCUT2D eigenvalue weighted by Gasteiger charge is -2.22. The van der Waals surface area contributed by atoms with E-state index in [1.54, 1.807) is 12.1 Å². The Morgan fingerprint density at radius 3 is 2.81 bits per heavy atom. The van der Waals surface area contributed by atoms with Crippen LogP contribution >= 0.6 is 0 Å². The molecule has 0 bridgehead atoms. The summed E-state index contributed by atoms with van der Waals surface area (Å²) < 4.78 is 0. The van der Waals surface area contributed by atoms with Crippen molar-refractivity contribution in [2.75, 3.05) is 23.7 Å². The quantitative estimate of drug-likeness (QED) is 0.691. The van der Waals surface area contributed by atoms with Crippen LogP contribution in [0.5, 0.6) is 0 Å².